The van der Waals surface area contributed by atoms with Crippen molar-refractivity contribution in [2.24, 2.45) is 11.7 Å². The second-order valence-corrected chi connectivity index (χ2v) is 4.68. The lowest BCUT2D eigenvalue weighted by atomic mass is 10.0. The van der Waals surface area contributed by atoms with Crippen LogP contribution in [-0.2, 0) is 0 Å². The Bertz CT molecular complexity index is 391. The van der Waals surface area contributed by atoms with Crippen LogP contribution < -0.4 is 10.6 Å². The van der Waals surface area contributed by atoms with E-state index in [4.69, 9.17) is 11.0 Å². The molecule has 0 fully saturated rings. The summed E-state index contributed by atoms with van der Waals surface area (Å²) in [6.45, 7) is 7.82. The number of nitrogens with two attached hydrogens (primary N) is 1. The molecule has 0 amide bonds. The highest BCUT2D eigenvalue weighted by atomic mass is 15.1. The van der Waals surface area contributed by atoms with E-state index in [1.54, 1.807) is 0 Å². The first kappa shape index (κ1) is 14.5. The van der Waals surface area contributed by atoms with Crippen molar-refractivity contribution in [1.29, 1.82) is 5.26 Å². The van der Waals surface area contributed by atoms with Gasteiger partial charge >= 0.3 is 0 Å². The average molecular weight is 245 g/mol. The maximum Gasteiger partial charge on any atom is 0.0671 e. The van der Waals surface area contributed by atoms with Gasteiger partial charge in [-0.1, -0.05) is 19.1 Å². The molecule has 0 spiro atoms. The van der Waals surface area contributed by atoms with Gasteiger partial charge in [0.2, 0.25) is 0 Å². The molecule has 0 saturated heterocycles. The minimum Gasteiger partial charge on any atom is -0.371 e. The Labute approximate surface area is 110 Å². The van der Waals surface area contributed by atoms with Gasteiger partial charge in [0.25, 0.3) is 0 Å². The molecule has 0 aliphatic heterocycles. The monoisotopic (exact) mass is 245 g/mol. The lowest BCUT2D eigenvalue weighted by molar-refractivity contribution is 0.683. The van der Waals surface area contributed by atoms with Gasteiger partial charge in [-0.15, -0.1) is 0 Å². The predicted octanol–water partition coefficient (Wildman–Crippen LogP) is 3.08. The third-order valence-electron chi connectivity index (χ3n) is 3.22. The molecular formula is C15H23N3. The SMILES string of the molecule is CC[C@H](N)c1ccc(N(CC)CC(C)C#N)cc1. The van der Waals surface area contributed by atoms with E-state index in [1.807, 2.05) is 6.92 Å². The van der Waals surface area contributed by atoms with Crippen LogP contribution in [0.1, 0.15) is 38.8 Å². The second-order valence-electron chi connectivity index (χ2n) is 4.68. The first-order valence-electron chi connectivity index (χ1n) is 6.62. The van der Waals surface area contributed by atoms with Gasteiger partial charge in [-0.3, -0.25) is 0 Å². The molecule has 3 nitrogen and oxygen atoms in total. The summed E-state index contributed by atoms with van der Waals surface area (Å²) in [6.07, 6.45) is 0.947. The molecule has 1 rings (SSSR count). The van der Waals surface area contributed by atoms with Crippen molar-refractivity contribution in [2.75, 3.05) is 18.0 Å². The van der Waals surface area contributed by atoms with Gasteiger partial charge in [0.05, 0.1) is 12.0 Å². The molecule has 98 valence electrons. The first-order chi connectivity index (χ1) is 8.62. The van der Waals surface area contributed by atoms with E-state index in [0.717, 1.165) is 25.2 Å². The average Bonchev–Trinajstić information content (AvgIpc) is 2.43. The molecule has 0 saturated carbocycles. The highest BCUT2D eigenvalue weighted by Gasteiger charge is 2.09. The van der Waals surface area contributed by atoms with E-state index in [-0.39, 0.29) is 12.0 Å². The largest absolute Gasteiger partial charge is 0.371 e. The van der Waals surface area contributed by atoms with Crippen LogP contribution in [0.5, 0.6) is 0 Å². The van der Waals surface area contributed by atoms with Crippen LogP contribution in [0.4, 0.5) is 5.69 Å². The van der Waals surface area contributed by atoms with Crippen LogP contribution in [-0.4, -0.2) is 13.1 Å². The molecule has 2 atom stereocenters. The summed E-state index contributed by atoms with van der Waals surface area (Å²) in [5.41, 5.74) is 8.33. The fourth-order valence-corrected chi connectivity index (χ4v) is 1.96. The van der Waals surface area contributed by atoms with Crippen LogP contribution in [0.2, 0.25) is 0 Å². The van der Waals surface area contributed by atoms with Gasteiger partial charge < -0.3 is 10.6 Å². The van der Waals surface area contributed by atoms with Crippen LogP contribution in [0.25, 0.3) is 0 Å². The number of nitrogens with zero attached hydrogens (tertiary/aromatic N) is 2. The minimum absolute atomic E-state index is 0.0440. The molecule has 3 heteroatoms. The van der Waals surface area contributed by atoms with E-state index in [9.17, 15) is 0 Å². The lowest BCUT2D eigenvalue weighted by Crippen LogP contribution is -2.27. The maximum absolute atomic E-state index is 8.88. The zero-order chi connectivity index (χ0) is 13.5. The molecule has 2 N–H and O–H groups in total. The van der Waals surface area contributed by atoms with Gasteiger partial charge in [-0.25, -0.2) is 0 Å². The molecule has 0 aliphatic carbocycles. The van der Waals surface area contributed by atoms with Crippen molar-refractivity contribution in [3.05, 3.63) is 29.8 Å². The Morgan fingerprint density at radius 2 is 1.89 bits per heavy atom. The summed E-state index contributed by atoms with van der Waals surface area (Å²) in [5.74, 6) is 0.0440. The van der Waals surface area contributed by atoms with E-state index in [0.29, 0.717) is 0 Å². The Hall–Kier alpha value is -1.53. The summed E-state index contributed by atoms with van der Waals surface area (Å²) in [5, 5.41) is 8.88. The van der Waals surface area contributed by atoms with Crippen molar-refractivity contribution in [2.45, 2.75) is 33.2 Å². The molecule has 18 heavy (non-hydrogen) atoms. The van der Waals surface area contributed by atoms with Gasteiger partial charge in [0, 0.05) is 24.8 Å². The fraction of sp³-hybridized carbons (Fsp3) is 0.533. The van der Waals surface area contributed by atoms with Crippen LogP contribution in [0, 0.1) is 17.2 Å². The number of hydrogen-bond acceptors (Lipinski definition) is 3. The number of anilines is 1. The van der Waals surface area contributed by atoms with Crippen molar-refractivity contribution < 1.29 is 0 Å². The standard InChI is InChI=1S/C15H23N3/c1-4-15(17)13-6-8-14(9-7-13)18(5-2)11-12(3)10-16/h6-9,12,15H,4-5,11,17H2,1-3H3/t12?,15-/m0/s1. The van der Waals surface area contributed by atoms with Gasteiger partial charge in [-0.05, 0) is 38.0 Å². The molecule has 0 aromatic heterocycles. The van der Waals surface area contributed by atoms with Crippen LogP contribution >= 0.6 is 0 Å². The lowest BCUT2D eigenvalue weighted by Gasteiger charge is -2.24. The highest BCUT2D eigenvalue weighted by molar-refractivity contribution is 5.48. The Morgan fingerprint density at radius 3 is 2.33 bits per heavy atom. The van der Waals surface area contributed by atoms with E-state index in [2.05, 4.69) is 49.1 Å². The molecule has 0 heterocycles. The highest BCUT2D eigenvalue weighted by Crippen LogP contribution is 2.20. The van der Waals surface area contributed by atoms with E-state index < -0.39 is 0 Å². The molecule has 0 aliphatic rings. The quantitative estimate of drug-likeness (QED) is 0.838. The molecule has 1 aromatic carbocycles. The number of nitriles is 1. The fourth-order valence-electron chi connectivity index (χ4n) is 1.96. The molecule has 0 radical (unpaired) electrons. The number of benzene rings is 1. The summed E-state index contributed by atoms with van der Waals surface area (Å²) in [4.78, 5) is 2.22. The van der Waals surface area contributed by atoms with Crippen molar-refractivity contribution >= 4 is 5.69 Å². The molecule has 1 unspecified atom stereocenters. The summed E-state index contributed by atoms with van der Waals surface area (Å²) in [6, 6.07) is 10.8. The molecular weight excluding hydrogens is 222 g/mol. The molecule has 1 aromatic rings. The minimum atomic E-state index is 0.0440. The summed E-state index contributed by atoms with van der Waals surface area (Å²) in [7, 11) is 0. The van der Waals surface area contributed by atoms with Gasteiger partial charge in [-0.2, -0.15) is 5.26 Å². The Balaban J connectivity index is 2.79. The van der Waals surface area contributed by atoms with Crippen molar-refractivity contribution in [3.63, 3.8) is 0 Å². The predicted molar refractivity (Wildman–Crippen MR) is 76.3 cm³/mol. The van der Waals surface area contributed by atoms with Crippen molar-refractivity contribution in [3.8, 4) is 6.07 Å². The third kappa shape index (κ3) is 3.75. The van der Waals surface area contributed by atoms with E-state index in [1.165, 1.54) is 5.56 Å². The normalized spacial score (nSPS) is 13.7. The maximum atomic E-state index is 8.88. The first-order valence-corrected chi connectivity index (χ1v) is 6.62. The van der Waals surface area contributed by atoms with Crippen LogP contribution in [0.15, 0.2) is 24.3 Å². The van der Waals surface area contributed by atoms with E-state index >= 15 is 0 Å². The second kappa shape index (κ2) is 7.03. The van der Waals surface area contributed by atoms with Gasteiger partial charge in [0.15, 0.2) is 0 Å². The Kier molecular flexibility index (Phi) is 5.67. The smallest absolute Gasteiger partial charge is 0.0671 e. The Morgan fingerprint density at radius 1 is 1.28 bits per heavy atom. The number of hydrogen-bond donors (Lipinski definition) is 1. The summed E-state index contributed by atoms with van der Waals surface area (Å²) < 4.78 is 0. The zero-order valence-electron chi connectivity index (χ0n) is 11.6. The topological polar surface area (TPSA) is 53.0 Å². The number of rotatable bonds is 6. The zero-order valence-corrected chi connectivity index (χ0v) is 11.6. The van der Waals surface area contributed by atoms with Gasteiger partial charge in [0.1, 0.15) is 0 Å². The summed E-state index contributed by atoms with van der Waals surface area (Å²) >= 11 is 0. The third-order valence-corrected chi connectivity index (χ3v) is 3.22. The van der Waals surface area contributed by atoms with Crippen LogP contribution in [0.3, 0.4) is 0 Å². The molecule has 0 bridgehead atoms. The van der Waals surface area contributed by atoms with Crippen molar-refractivity contribution in [1.82, 2.24) is 0 Å².